The molecule has 2 aliphatic heterocycles. The van der Waals surface area contributed by atoms with Crippen molar-refractivity contribution in [3.05, 3.63) is 164 Å². The predicted molar refractivity (Wildman–Crippen MR) is 225 cm³/mol. The minimum atomic E-state index is -0.0830. The average molecular weight is 691 g/mol. The molecule has 0 radical (unpaired) electrons. The lowest BCUT2D eigenvalue weighted by Crippen LogP contribution is -2.60. The van der Waals surface area contributed by atoms with E-state index in [1.807, 2.05) is 11.3 Å². The second-order valence-electron chi connectivity index (χ2n) is 14.4. The van der Waals surface area contributed by atoms with Gasteiger partial charge in [0.2, 0.25) is 0 Å². The van der Waals surface area contributed by atoms with Gasteiger partial charge in [-0.2, -0.15) is 0 Å². The summed E-state index contributed by atoms with van der Waals surface area (Å²) in [7, 11) is 0. The minimum absolute atomic E-state index is 0.0830. The molecule has 3 aromatic heterocycles. The summed E-state index contributed by atoms with van der Waals surface area (Å²) in [5, 5.41) is 7.35. The van der Waals surface area contributed by atoms with Crippen molar-refractivity contribution < 1.29 is 4.42 Å². The van der Waals surface area contributed by atoms with Gasteiger partial charge >= 0.3 is 6.85 Å². The van der Waals surface area contributed by atoms with Crippen molar-refractivity contribution in [3.63, 3.8) is 0 Å². The van der Waals surface area contributed by atoms with E-state index < -0.39 is 0 Å². The van der Waals surface area contributed by atoms with Gasteiger partial charge in [0.05, 0.1) is 21.4 Å². The molecule has 5 heteroatoms. The summed E-state index contributed by atoms with van der Waals surface area (Å²) >= 11 is 1.90. The monoisotopic (exact) mass is 690 g/mol. The van der Waals surface area contributed by atoms with E-state index in [2.05, 4.69) is 173 Å². The lowest BCUT2D eigenvalue weighted by Gasteiger charge is -2.42. The molecule has 2 aliphatic rings. The summed E-state index contributed by atoms with van der Waals surface area (Å²) < 4.78 is 12.2. The van der Waals surface area contributed by atoms with Gasteiger partial charge in [0.25, 0.3) is 0 Å². The van der Waals surface area contributed by atoms with Gasteiger partial charge in [-0.3, -0.25) is 0 Å². The molecule has 3 nitrogen and oxygen atoms in total. The number of hydrogen-bond acceptors (Lipinski definition) is 3. The number of nitrogens with zero attached hydrogens (tertiary/aromatic N) is 2. The van der Waals surface area contributed by atoms with Crippen LogP contribution in [-0.4, -0.2) is 11.4 Å². The van der Waals surface area contributed by atoms with Crippen LogP contribution >= 0.6 is 11.3 Å². The van der Waals surface area contributed by atoms with Gasteiger partial charge in [-0.25, -0.2) is 0 Å². The summed E-state index contributed by atoms with van der Waals surface area (Å²) in [6.07, 6.45) is 0. The molecule has 8 aromatic carbocycles. The molecule has 0 spiro atoms. The lowest BCUT2D eigenvalue weighted by molar-refractivity contribution is 0.667. The number of para-hydroxylation sites is 2. The number of hydrogen-bond donors (Lipinski definition) is 0. The molecule has 0 unspecified atom stereocenters. The second kappa shape index (κ2) is 10.1. The molecule has 0 fully saturated rings. The molecular weight excluding hydrogens is 663 g/mol. The first-order valence-electron chi connectivity index (χ1n) is 18.2. The largest absolute Gasteiger partial charge is 0.454 e. The predicted octanol–water partition coefficient (Wildman–Crippen LogP) is 12.0. The fraction of sp³-hybridized carbons (Fsp3) is 0. The second-order valence-corrected chi connectivity index (χ2v) is 15.5. The van der Waals surface area contributed by atoms with Crippen LogP contribution in [0.15, 0.2) is 168 Å². The van der Waals surface area contributed by atoms with Crippen LogP contribution in [0.2, 0.25) is 0 Å². The Kier molecular flexibility index (Phi) is 5.33. The van der Waals surface area contributed by atoms with Crippen molar-refractivity contribution in [2.24, 2.45) is 0 Å². The van der Waals surface area contributed by atoms with Crippen LogP contribution in [0.1, 0.15) is 0 Å². The Morgan fingerprint density at radius 3 is 2.11 bits per heavy atom. The summed E-state index contributed by atoms with van der Waals surface area (Å²) in [6, 6.07) is 60.2. The fourth-order valence-corrected chi connectivity index (χ4v) is 10.7. The van der Waals surface area contributed by atoms with E-state index in [4.69, 9.17) is 4.42 Å². The van der Waals surface area contributed by atoms with Crippen LogP contribution in [0, 0.1) is 0 Å². The van der Waals surface area contributed by atoms with Crippen molar-refractivity contribution in [2.75, 3.05) is 4.81 Å². The van der Waals surface area contributed by atoms with Gasteiger partial charge in [-0.1, -0.05) is 121 Å². The average Bonchev–Trinajstić information content (AvgIpc) is 3.89. The zero-order valence-corrected chi connectivity index (χ0v) is 29.2. The molecule has 0 saturated carbocycles. The Balaban J connectivity index is 1.23. The van der Waals surface area contributed by atoms with Gasteiger partial charge in [-0.15, -0.1) is 11.3 Å². The molecule has 53 heavy (non-hydrogen) atoms. The zero-order chi connectivity index (χ0) is 34.4. The highest BCUT2D eigenvalue weighted by atomic mass is 32.1. The zero-order valence-electron chi connectivity index (χ0n) is 28.4. The van der Waals surface area contributed by atoms with Crippen molar-refractivity contribution in [3.8, 4) is 27.9 Å². The highest BCUT2D eigenvalue weighted by Crippen LogP contribution is 2.50. The maximum Gasteiger partial charge on any atom is 0.333 e. The van der Waals surface area contributed by atoms with Crippen molar-refractivity contribution in [1.29, 1.82) is 0 Å². The summed E-state index contributed by atoms with van der Waals surface area (Å²) in [5.74, 6) is 0. The van der Waals surface area contributed by atoms with E-state index in [1.54, 1.807) is 0 Å². The van der Waals surface area contributed by atoms with Gasteiger partial charge in [-0.05, 0) is 80.9 Å². The molecule has 5 heterocycles. The molecule has 0 saturated heterocycles. The SMILES string of the molecule is c1ccc(-c2ccc(N3B4c5c(cc6c(oc7ccccc76)c5-n5c6c4cccc6c4sc6ccccc6c45)-c4cc5ccccc5cc43)cc2)cc1. The molecule has 0 aliphatic carbocycles. The first-order valence-corrected chi connectivity index (χ1v) is 19.0. The number of aromatic nitrogens is 1. The Bertz CT molecular complexity index is 3350. The first-order chi connectivity index (χ1) is 26.3. The molecule has 13 rings (SSSR count). The molecule has 0 N–H and O–H groups in total. The molecule has 244 valence electrons. The van der Waals surface area contributed by atoms with E-state index in [1.165, 1.54) is 80.8 Å². The topological polar surface area (TPSA) is 21.3 Å². The summed E-state index contributed by atoms with van der Waals surface area (Å²) in [4.78, 5) is 2.61. The maximum absolute atomic E-state index is 7.00. The van der Waals surface area contributed by atoms with Crippen molar-refractivity contribution in [2.45, 2.75) is 0 Å². The number of benzene rings is 8. The molecule has 0 bridgehead atoms. The number of fused-ring (bicyclic) bond motifs is 14. The van der Waals surface area contributed by atoms with Crippen LogP contribution in [0.3, 0.4) is 0 Å². The Labute approximate surface area is 308 Å². The van der Waals surface area contributed by atoms with Crippen molar-refractivity contribution >= 4 is 104 Å². The van der Waals surface area contributed by atoms with E-state index in [0.29, 0.717) is 0 Å². The highest BCUT2D eigenvalue weighted by Gasteiger charge is 2.45. The lowest BCUT2D eigenvalue weighted by atomic mass is 9.44. The van der Waals surface area contributed by atoms with Crippen LogP contribution in [0.4, 0.5) is 11.4 Å². The third-order valence-electron chi connectivity index (χ3n) is 11.7. The third-order valence-corrected chi connectivity index (χ3v) is 12.9. The minimum Gasteiger partial charge on any atom is -0.454 e. The number of rotatable bonds is 2. The molecule has 0 atom stereocenters. The van der Waals surface area contributed by atoms with Gasteiger partial charge in [0.15, 0.2) is 5.58 Å². The quantitative estimate of drug-likeness (QED) is 0.168. The highest BCUT2D eigenvalue weighted by molar-refractivity contribution is 7.26. The smallest absolute Gasteiger partial charge is 0.333 e. The standard InChI is InChI=1S/C48H27BN2OS/c1-2-11-28(12-3-1)29-21-23-32(24-22-29)51-40-26-31-14-5-4-13-30(31)25-36(40)37-27-38-33-15-6-8-19-41(33)52-47(38)46-43(37)49(51)39-18-10-17-35-44(39)50(46)45-34-16-7-9-20-42(34)53-48(35)45/h1-27H. The maximum atomic E-state index is 7.00. The number of anilines is 2. The number of thiophene rings is 1. The van der Waals surface area contributed by atoms with E-state index >= 15 is 0 Å². The summed E-state index contributed by atoms with van der Waals surface area (Å²) in [6.45, 7) is -0.0830. The molecule has 0 amide bonds. The first kappa shape index (κ1) is 28.1. The van der Waals surface area contributed by atoms with E-state index in [0.717, 1.165) is 33.3 Å². The van der Waals surface area contributed by atoms with E-state index in [-0.39, 0.29) is 6.85 Å². The van der Waals surface area contributed by atoms with Crippen LogP contribution in [-0.2, 0) is 0 Å². The van der Waals surface area contributed by atoms with Crippen LogP contribution in [0.25, 0.3) is 91.9 Å². The molecule has 11 aromatic rings. The van der Waals surface area contributed by atoms with Gasteiger partial charge < -0.3 is 13.8 Å². The van der Waals surface area contributed by atoms with Crippen LogP contribution in [0.5, 0.6) is 0 Å². The number of furan rings is 1. The summed E-state index contributed by atoms with van der Waals surface area (Å²) in [5.41, 5.74) is 15.5. The molecular formula is C48H27BN2OS. The Hall–Kier alpha value is -6.56. The van der Waals surface area contributed by atoms with Gasteiger partial charge in [0, 0.05) is 43.2 Å². The van der Waals surface area contributed by atoms with E-state index in [9.17, 15) is 0 Å². The normalized spacial score (nSPS) is 13.2. The Morgan fingerprint density at radius 1 is 0.528 bits per heavy atom. The third kappa shape index (κ3) is 3.60. The fourth-order valence-electron chi connectivity index (χ4n) is 9.50. The van der Waals surface area contributed by atoms with Gasteiger partial charge in [0.1, 0.15) is 5.58 Å². The van der Waals surface area contributed by atoms with Crippen molar-refractivity contribution in [1.82, 2.24) is 4.57 Å². The van der Waals surface area contributed by atoms with Crippen LogP contribution < -0.4 is 15.7 Å². The Morgan fingerprint density at radius 2 is 1.25 bits per heavy atom.